The van der Waals surface area contributed by atoms with E-state index in [4.69, 9.17) is 4.74 Å². The lowest BCUT2D eigenvalue weighted by Crippen LogP contribution is -2.44. The number of ether oxygens (including phenoxy) is 1. The normalized spacial score (nSPS) is 13.2. The lowest BCUT2D eigenvalue weighted by atomic mass is 10.2. The number of aryl methyl sites for hydroxylation is 1. The zero-order chi connectivity index (χ0) is 16.8. The molecule has 0 saturated heterocycles. The number of aromatic nitrogens is 1. The van der Waals surface area contributed by atoms with E-state index in [9.17, 15) is 9.18 Å². The highest BCUT2D eigenvalue weighted by Gasteiger charge is 2.14. The van der Waals surface area contributed by atoms with E-state index >= 15 is 0 Å². The fraction of sp³-hybridized carbons (Fsp3) is 0.375. The number of carbonyl (C=O) groups is 1. The Kier molecular flexibility index (Phi) is 5.92. The van der Waals surface area contributed by atoms with E-state index < -0.39 is 5.82 Å². The summed E-state index contributed by atoms with van der Waals surface area (Å²) in [4.78, 5) is 16.3. The molecule has 2 rings (SSSR count). The van der Waals surface area contributed by atoms with Crippen molar-refractivity contribution >= 4 is 17.4 Å². The summed E-state index contributed by atoms with van der Waals surface area (Å²) >= 11 is 1.54. The van der Waals surface area contributed by atoms with E-state index in [1.165, 1.54) is 6.07 Å². The van der Waals surface area contributed by atoms with Gasteiger partial charge in [0.15, 0.2) is 11.6 Å². The Morgan fingerprint density at radius 3 is 2.74 bits per heavy atom. The molecular formula is C16H20FN3O2S. The first-order valence-corrected chi connectivity index (χ1v) is 8.20. The molecule has 2 atom stereocenters. The predicted octanol–water partition coefficient (Wildman–Crippen LogP) is 3.42. The van der Waals surface area contributed by atoms with Crippen LogP contribution in [-0.2, 0) is 0 Å². The number of para-hydroxylation sites is 1. The minimum Gasteiger partial charge on any atom is -0.488 e. The maximum absolute atomic E-state index is 13.4. The van der Waals surface area contributed by atoms with Gasteiger partial charge >= 0.3 is 6.03 Å². The molecule has 124 valence electrons. The van der Waals surface area contributed by atoms with Crippen molar-refractivity contribution in [2.45, 2.75) is 32.9 Å². The van der Waals surface area contributed by atoms with Gasteiger partial charge in [0.25, 0.3) is 0 Å². The van der Waals surface area contributed by atoms with Gasteiger partial charge in [0.05, 0.1) is 22.8 Å². The molecule has 5 nitrogen and oxygen atoms in total. The van der Waals surface area contributed by atoms with Crippen LogP contribution in [0.25, 0.3) is 0 Å². The van der Waals surface area contributed by atoms with Crippen LogP contribution in [0, 0.1) is 12.7 Å². The second kappa shape index (κ2) is 7.92. The molecule has 0 aliphatic heterocycles. The summed E-state index contributed by atoms with van der Waals surface area (Å²) in [6.45, 7) is 5.76. The van der Waals surface area contributed by atoms with Crippen molar-refractivity contribution in [2.24, 2.45) is 0 Å². The van der Waals surface area contributed by atoms with E-state index in [0.29, 0.717) is 0 Å². The Balaban J connectivity index is 1.77. The van der Waals surface area contributed by atoms with Gasteiger partial charge in [-0.1, -0.05) is 12.1 Å². The fourth-order valence-corrected chi connectivity index (χ4v) is 2.64. The van der Waals surface area contributed by atoms with Gasteiger partial charge in [0.1, 0.15) is 6.61 Å². The highest BCUT2D eigenvalue weighted by Crippen LogP contribution is 2.16. The van der Waals surface area contributed by atoms with E-state index in [2.05, 4.69) is 15.6 Å². The van der Waals surface area contributed by atoms with Gasteiger partial charge in [-0.3, -0.25) is 0 Å². The van der Waals surface area contributed by atoms with E-state index in [-0.39, 0.29) is 30.5 Å². The number of urea groups is 1. The number of amides is 2. The van der Waals surface area contributed by atoms with Gasteiger partial charge in [-0.05, 0) is 32.9 Å². The predicted molar refractivity (Wildman–Crippen MR) is 88.3 cm³/mol. The van der Waals surface area contributed by atoms with Crippen molar-refractivity contribution in [3.63, 3.8) is 0 Å². The molecule has 1 aromatic heterocycles. The highest BCUT2D eigenvalue weighted by atomic mass is 32.1. The molecule has 0 spiro atoms. The smallest absolute Gasteiger partial charge is 0.315 e. The zero-order valence-electron chi connectivity index (χ0n) is 13.3. The summed E-state index contributed by atoms with van der Waals surface area (Å²) in [5, 5.41) is 8.45. The van der Waals surface area contributed by atoms with Crippen LogP contribution >= 0.6 is 11.3 Å². The molecule has 0 saturated carbocycles. The maximum Gasteiger partial charge on any atom is 0.315 e. The second-order valence-electron chi connectivity index (χ2n) is 5.27. The van der Waals surface area contributed by atoms with Crippen LogP contribution in [0.5, 0.6) is 5.75 Å². The Hall–Kier alpha value is -2.15. The Morgan fingerprint density at radius 1 is 1.35 bits per heavy atom. The van der Waals surface area contributed by atoms with E-state index in [1.54, 1.807) is 36.5 Å². The lowest BCUT2D eigenvalue weighted by molar-refractivity contribution is 0.222. The topological polar surface area (TPSA) is 63.2 Å². The summed E-state index contributed by atoms with van der Waals surface area (Å²) in [6.07, 6.45) is 0. The number of benzene rings is 1. The Morgan fingerprint density at radius 2 is 2.09 bits per heavy atom. The van der Waals surface area contributed by atoms with Crippen molar-refractivity contribution in [3.05, 3.63) is 46.2 Å². The number of nitrogens with one attached hydrogen (secondary N) is 2. The van der Waals surface area contributed by atoms with Gasteiger partial charge in [0, 0.05) is 5.38 Å². The maximum atomic E-state index is 13.4. The number of halogens is 1. The second-order valence-corrected chi connectivity index (χ2v) is 6.34. The van der Waals surface area contributed by atoms with Gasteiger partial charge in [0.2, 0.25) is 0 Å². The molecule has 7 heteroatoms. The summed E-state index contributed by atoms with van der Waals surface area (Å²) in [6, 6.07) is 5.41. The first kappa shape index (κ1) is 17.2. The molecule has 2 unspecified atom stereocenters. The lowest BCUT2D eigenvalue weighted by Gasteiger charge is -2.18. The number of hydrogen-bond acceptors (Lipinski definition) is 4. The number of thiazole rings is 1. The van der Waals surface area contributed by atoms with Crippen LogP contribution in [0.1, 0.15) is 30.6 Å². The summed E-state index contributed by atoms with van der Waals surface area (Å²) in [5.74, 6) is -0.246. The quantitative estimate of drug-likeness (QED) is 0.849. The molecule has 23 heavy (non-hydrogen) atoms. The zero-order valence-corrected chi connectivity index (χ0v) is 14.1. The Bertz CT molecular complexity index is 662. The van der Waals surface area contributed by atoms with Crippen LogP contribution in [0.2, 0.25) is 0 Å². The van der Waals surface area contributed by atoms with Gasteiger partial charge in [-0.15, -0.1) is 11.3 Å². The van der Waals surface area contributed by atoms with E-state index in [0.717, 1.165) is 10.7 Å². The third kappa shape index (κ3) is 5.21. The standard InChI is InChI=1S/C16H20FN3O2S/c1-10(8-22-15-7-5-4-6-13(15)17)18-16(21)19-11(2)14-9-23-12(3)20-14/h4-7,9-11H,8H2,1-3H3,(H2,18,19,21). The van der Waals surface area contributed by atoms with E-state index in [1.807, 2.05) is 19.2 Å². The van der Waals surface area contributed by atoms with Crippen LogP contribution in [0.15, 0.2) is 29.6 Å². The average Bonchev–Trinajstić information content (AvgIpc) is 2.93. The van der Waals surface area contributed by atoms with Crippen LogP contribution in [0.4, 0.5) is 9.18 Å². The third-order valence-corrected chi connectivity index (χ3v) is 3.92. The van der Waals surface area contributed by atoms with Crippen molar-refractivity contribution in [1.29, 1.82) is 0 Å². The van der Waals surface area contributed by atoms with Crippen molar-refractivity contribution < 1.29 is 13.9 Å². The SMILES string of the molecule is Cc1nc(C(C)NC(=O)NC(C)COc2ccccc2F)cs1. The minimum atomic E-state index is -0.420. The Labute approximate surface area is 138 Å². The molecule has 0 radical (unpaired) electrons. The summed E-state index contributed by atoms with van der Waals surface area (Å²) in [7, 11) is 0. The van der Waals surface area contributed by atoms with Gasteiger partial charge in [-0.2, -0.15) is 0 Å². The number of nitrogens with zero attached hydrogens (tertiary/aromatic N) is 1. The van der Waals surface area contributed by atoms with Crippen molar-refractivity contribution in [3.8, 4) is 5.75 Å². The molecule has 0 aliphatic carbocycles. The molecule has 2 amide bonds. The number of hydrogen-bond donors (Lipinski definition) is 2. The van der Waals surface area contributed by atoms with Gasteiger partial charge in [-0.25, -0.2) is 14.2 Å². The van der Waals surface area contributed by atoms with Crippen LogP contribution in [-0.4, -0.2) is 23.7 Å². The van der Waals surface area contributed by atoms with Crippen molar-refractivity contribution in [2.75, 3.05) is 6.61 Å². The molecular weight excluding hydrogens is 317 g/mol. The molecule has 2 N–H and O–H groups in total. The molecule has 1 heterocycles. The third-order valence-electron chi connectivity index (χ3n) is 3.13. The van der Waals surface area contributed by atoms with Crippen LogP contribution < -0.4 is 15.4 Å². The van der Waals surface area contributed by atoms with Crippen molar-refractivity contribution in [1.82, 2.24) is 15.6 Å². The summed E-state index contributed by atoms with van der Waals surface area (Å²) in [5.41, 5.74) is 0.831. The highest BCUT2D eigenvalue weighted by molar-refractivity contribution is 7.09. The van der Waals surface area contributed by atoms with Crippen LogP contribution in [0.3, 0.4) is 0 Å². The van der Waals surface area contributed by atoms with Gasteiger partial charge < -0.3 is 15.4 Å². The largest absolute Gasteiger partial charge is 0.488 e. The first-order valence-electron chi connectivity index (χ1n) is 7.32. The summed E-state index contributed by atoms with van der Waals surface area (Å²) < 4.78 is 18.8. The molecule has 2 aromatic rings. The minimum absolute atomic E-state index is 0.174. The number of rotatable bonds is 6. The molecule has 0 bridgehead atoms. The fourth-order valence-electron chi connectivity index (χ4n) is 1.93. The molecule has 0 fully saturated rings. The average molecular weight is 337 g/mol. The molecule has 1 aromatic carbocycles. The molecule has 0 aliphatic rings. The monoisotopic (exact) mass is 337 g/mol. The number of carbonyl (C=O) groups excluding carboxylic acids is 1. The first-order chi connectivity index (χ1) is 11.0.